The van der Waals surface area contributed by atoms with Crippen LogP contribution in [-0.2, 0) is 16.5 Å². The van der Waals surface area contributed by atoms with E-state index in [0.717, 1.165) is 38.3 Å². The summed E-state index contributed by atoms with van der Waals surface area (Å²) in [5, 5.41) is 11.5. The molecular formula is C12H22N4O2. The normalized spacial score (nSPS) is 20.8. The minimum Gasteiger partial charge on any atom is -0.381 e. The van der Waals surface area contributed by atoms with Gasteiger partial charge in [0, 0.05) is 40.2 Å². The van der Waals surface area contributed by atoms with Crippen molar-refractivity contribution in [3.8, 4) is 0 Å². The molecule has 1 N–H and O–H groups in total. The zero-order valence-corrected chi connectivity index (χ0v) is 11.3. The molecule has 0 bridgehead atoms. The number of hydrogen-bond acceptors (Lipinski definition) is 5. The summed E-state index contributed by atoms with van der Waals surface area (Å²) in [6.07, 6.45) is 3.57. The van der Waals surface area contributed by atoms with Crippen LogP contribution in [0.4, 0.5) is 0 Å². The van der Waals surface area contributed by atoms with E-state index in [4.69, 9.17) is 9.47 Å². The third-order valence-electron chi connectivity index (χ3n) is 3.73. The summed E-state index contributed by atoms with van der Waals surface area (Å²) >= 11 is 0. The van der Waals surface area contributed by atoms with E-state index in [1.165, 1.54) is 0 Å². The first-order valence-corrected chi connectivity index (χ1v) is 6.44. The van der Waals surface area contributed by atoms with Crippen LogP contribution < -0.4 is 5.32 Å². The highest BCUT2D eigenvalue weighted by atomic mass is 16.5. The van der Waals surface area contributed by atoms with E-state index in [0.29, 0.717) is 0 Å². The number of aromatic nitrogens is 3. The lowest BCUT2D eigenvalue weighted by molar-refractivity contribution is -0.112. The first-order valence-electron chi connectivity index (χ1n) is 6.44. The van der Waals surface area contributed by atoms with Crippen LogP contribution >= 0.6 is 0 Å². The fourth-order valence-electron chi connectivity index (χ4n) is 2.65. The standard InChI is InChI=1S/C12H22N4O2/c1-4-13-11(10-9-14-15-16(10)2)12(17-3)5-7-18-8-6-12/h9,11,13H,4-8H2,1-3H3. The van der Waals surface area contributed by atoms with Crippen molar-refractivity contribution in [2.24, 2.45) is 7.05 Å². The van der Waals surface area contributed by atoms with Crippen molar-refractivity contribution in [2.75, 3.05) is 26.9 Å². The summed E-state index contributed by atoms with van der Waals surface area (Å²) in [5.74, 6) is 0. The van der Waals surface area contributed by atoms with Gasteiger partial charge in [-0.3, -0.25) is 4.68 Å². The molecule has 2 heterocycles. The number of hydrogen-bond donors (Lipinski definition) is 1. The van der Waals surface area contributed by atoms with E-state index in [1.807, 2.05) is 17.9 Å². The van der Waals surface area contributed by atoms with Gasteiger partial charge in [-0.1, -0.05) is 12.1 Å². The van der Waals surface area contributed by atoms with Gasteiger partial charge in [0.1, 0.15) is 0 Å². The Hall–Kier alpha value is -0.980. The van der Waals surface area contributed by atoms with Crippen molar-refractivity contribution in [2.45, 2.75) is 31.4 Å². The Bertz CT molecular complexity index is 374. The molecule has 1 unspecified atom stereocenters. The molecule has 18 heavy (non-hydrogen) atoms. The van der Waals surface area contributed by atoms with Gasteiger partial charge in [0.15, 0.2) is 0 Å². The molecule has 0 spiro atoms. The first-order chi connectivity index (χ1) is 8.73. The second-order valence-corrected chi connectivity index (χ2v) is 4.65. The number of likely N-dealkylation sites (N-methyl/N-ethyl adjacent to an activating group) is 1. The Morgan fingerprint density at radius 2 is 2.28 bits per heavy atom. The lowest BCUT2D eigenvalue weighted by Crippen LogP contribution is -2.49. The molecule has 1 aliphatic rings. The van der Waals surface area contributed by atoms with Gasteiger partial charge in [0.2, 0.25) is 0 Å². The van der Waals surface area contributed by atoms with Gasteiger partial charge >= 0.3 is 0 Å². The predicted molar refractivity (Wildman–Crippen MR) is 67.2 cm³/mol. The van der Waals surface area contributed by atoms with Crippen LogP contribution in [0.5, 0.6) is 0 Å². The number of nitrogens with one attached hydrogen (secondary N) is 1. The summed E-state index contributed by atoms with van der Waals surface area (Å²) in [5.41, 5.74) is 0.824. The van der Waals surface area contributed by atoms with Crippen molar-refractivity contribution in [1.82, 2.24) is 20.3 Å². The molecule has 0 saturated carbocycles. The average Bonchev–Trinajstić information content (AvgIpc) is 2.83. The maximum atomic E-state index is 5.86. The van der Waals surface area contributed by atoms with Crippen molar-refractivity contribution in [1.29, 1.82) is 0 Å². The lowest BCUT2D eigenvalue weighted by atomic mass is 9.84. The summed E-state index contributed by atoms with van der Waals surface area (Å²) in [4.78, 5) is 0. The molecule has 1 aromatic heterocycles. The highest BCUT2D eigenvalue weighted by Crippen LogP contribution is 2.36. The minimum absolute atomic E-state index is 0.0939. The van der Waals surface area contributed by atoms with Crippen molar-refractivity contribution >= 4 is 0 Å². The zero-order valence-electron chi connectivity index (χ0n) is 11.3. The third kappa shape index (κ3) is 2.41. The van der Waals surface area contributed by atoms with Gasteiger partial charge in [-0.25, -0.2) is 0 Å². The number of aryl methyl sites for hydroxylation is 1. The average molecular weight is 254 g/mol. The van der Waals surface area contributed by atoms with E-state index in [-0.39, 0.29) is 11.6 Å². The fourth-order valence-corrected chi connectivity index (χ4v) is 2.65. The smallest absolute Gasteiger partial charge is 0.0932 e. The summed E-state index contributed by atoms with van der Waals surface area (Å²) in [6.45, 7) is 4.45. The topological polar surface area (TPSA) is 61.2 Å². The summed E-state index contributed by atoms with van der Waals surface area (Å²) in [7, 11) is 3.69. The Kier molecular flexibility index (Phi) is 4.31. The van der Waals surface area contributed by atoms with Crippen LogP contribution in [0.25, 0.3) is 0 Å². The minimum atomic E-state index is -0.232. The number of rotatable bonds is 5. The Morgan fingerprint density at radius 3 is 2.78 bits per heavy atom. The predicted octanol–water partition coefficient (Wildman–Crippen LogP) is 0.661. The Morgan fingerprint density at radius 1 is 1.56 bits per heavy atom. The lowest BCUT2D eigenvalue weighted by Gasteiger charge is -2.42. The summed E-state index contributed by atoms with van der Waals surface area (Å²) < 4.78 is 13.1. The van der Waals surface area contributed by atoms with Crippen LogP contribution in [0.15, 0.2) is 6.20 Å². The Balaban J connectivity index is 2.30. The maximum Gasteiger partial charge on any atom is 0.0932 e. The molecule has 0 radical (unpaired) electrons. The van der Waals surface area contributed by atoms with Crippen LogP contribution in [0.3, 0.4) is 0 Å². The van der Waals surface area contributed by atoms with Gasteiger partial charge < -0.3 is 14.8 Å². The van der Waals surface area contributed by atoms with Crippen molar-refractivity contribution in [3.05, 3.63) is 11.9 Å². The van der Waals surface area contributed by atoms with Crippen LogP contribution in [0.2, 0.25) is 0 Å². The summed E-state index contributed by atoms with van der Waals surface area (Å²) in [6, 6.07) is 0.0939. The molecule has 2 rings (SSSR count). The molecule has 0 amide bonds. The maximum absolute atomic E-state index is 5.86. The van der Waals surface area contributed by atoms with E-state index in [9.17, 15) is 0 Å². The zero-order chi connectivity index (χ0) is 13.0. The highest BCUT2D eigenvalue weighted by molar-refractivity contribution is 5.11. The number of nitrogens with zero attached hydrogens (tertiary/aromatic N) is 3. The molecule has 6 heteroatoms. The van der Waals surface area contributed by atoms with Crippen molar-refractivity contribution < 1.29 is 9.47 Å². The third-order valence-corrected chi connectivity index (χ3v) is 3.73. The van der Waals surface area contributed by atoms with E-state index in [2.05, 4.69) is 22.6 Å². The van der Waals surface area contributed by atoms with Crippen LogP contribution in [-0.4, -0.2) is 47.5 Å². The quantitative estimate of drug-likeness (QED) is 0.836. The fraction of sp³-hybridized carbons (Fsp3) is 0.833. The van der Waals surface area contributed by atoms with E-state index < -0.39 is 0 Å². The molecule has 6 nitrogen and oxygen atoms in total. The monoisotopic (exact) mass is 254 g/mol. The van der Waals surface area contributed by atoms with Crippen LogP contribution in [0.1, 0.15) is 31.5 Å². The van der Waals surface area contributed by atoms with E-state index in [1.54, 1.807) is 7.11 Å². The second kappa shape index (κ2) is 5.77. The van der Waals surface area contributed by atoms with Gasteiger partial charge in [-0.2, -0.15) is 0 Å². The second-order valence-electron chi connectivity index (χ2n) is 4.65. The molecule has 1 aliphatic heterocycles. The van der Waals surface area contributed by atoms with E-state index >= 15 is 0 Å². The molecule has 1 aromatic rings. The molecule has 1 saturated heterocycles. The SMILES string of the molecule is CCNC(c1cnnn1C)C1(OC)CCOCC1. The first kappa shape index (κ1) is 13.5. The molecule has 1 fully saturated rings. The molecule has 102 valence electrons. The number of methoxy groups -OCH3 is 1. The van der Waals surface area contributed by atoms with Crippen molar-refractivity contribution in [3.63, 3.8) is 0 Å². The molecule has 1 atom stereocenters. The Labute approximate surface area is 108 Å². The number of ether oxygens (including phenoxy) is 2. The molecular weight excluding hydrogens is 232 g/mol. The van der Waals surface area contributed by atoms with Gasteiger partial charge in [0.25, 0.3) is 0 Å². The van der Waals surface area contributed by atoms with Crippen LogP contribution in [0, 0.1) is 0 Å². The van der Waals surface area contributed by atoms with Gasteiger partial charge in [-0.15, -0.1) is 5.10 Å². The largest absolute Gasteiger partial charge is 0.381 e. The molecule has 0 aromatic carbocycles. The van der Waals surface area contributed by atoms with Gasteiger partial charge in [-0.05, 0) is 6.54 Å². The molecule has 0 aliphatic carbocycles. The van der Waals surface area contributed by atoms with Gasteiger partial charge in [0.05, 0.1) is 23.5 Å². The highest BCUT2D eigenvalue weighted by Gasteiger charge is 2.42.